The van der Waals surface area contributed by atoms with E-state index in [0.29, 0.717) is 29.4 Å². The fraction of sp³-hybridized carbons (Fsp3) is 0.375. The maximum Gasteiger partial charge on any atom is 0.316 e. The van der Waals surface area contributed by atoms with Crippen molar-refractivity contribution >= 4 is 15.7 Å². The molecule has 2 rings (SSSR count). The number of anilines is 1. The lowest BCUT2D eigenvalue weighted by molar-refractivity contribution is 0.311. The smallest absolute Gasteiger partial charge is 0.316 e. The molecule has 0 saturated carbocycles. The van der Waals surface area contributed by atoms with Gasteiger partial charge in [-0.15, -0.1) is 0 Å². The molecule has 7 nitrogen and oxygen atoms in total. The van der Waals surface area contributed by atoms with Crippen molar-refractivity contribution in [2.75, 3.05) is 18.4 Å². The molecule has 24 heavy (non-hydrogen) atoms. The number of nitrogens with zero attached hydrogens (tertiary/aromatic N) is 2. The van der Waals surface area contributed by atoms with Crippen LogP contribution < -0.4 is 14.2 Å². The Morgan fingerprint density at radius 1 is 1.12 bits per heavy atom. The van der Waals surface area contributed by atoms with Crippen molar-refractivity contribution < 1.29 is 17.9 Å². The van der Waals surface area contributed by atoms with Crippen molar-refractivity contribution in [2.24, 2.45) is 0 Å². The lowest BCUT2D eigenvalue weighted by Gasteiger charge is -2.14. The van der Waals surface area contributed by atoms with Gasteiger partial charge in [-0.05, 0) is 51.5 Å². The Kier molecular flexibility index (Phi) is 5.28. The molecule has 0 aliphatic heterocycles. The van der Waals surface area contributed by atoms with Gasteiger partial charge in [-0.2, -0.15) is 9.97 Å². The molecule has 0 atom stereocenters. The Labute approximate surface area is 142 Å². The molecule has 1 N–H and O–H groups in total. The minimum absolute atomic E-state index is 0.147. The Bertz CT molecular complexity index is 827. The van der Waals surface area contributed by atoms with E-state index in [2.05, 4.69) is 14.7 Å². The van der Waals surface area contributed by atoms with Gasteiger partial charge in [0.2, 0.25) is 0 Å². The van der Waals surface area contributed by atoms with Crippen LogP contribution in [0.5, 0.6) is 11.8 Å². The van der Waals surface area contributed by atoms with Crippen LogP contribution in [0, 0.1) is 20.8 Å². The molecule has 1 aromatic carbocycles. The number of benzene rings is 1. The molecule has 1 aromatic heterocycles. The second kappa shape index (κ2) is 7.04. The van der Waals surface area contributed by atoms with Crippen molar-refractivity contribution in [1.82, 2.24) is 9.97 Å². The first-order chi connectivity index (χ1) is 11.3. The van der Waals surface area contributed by atoms with Crippen molar-refractivity contribution in [1.29, 1.82) is 0 Å². The van der Waals surface area contributed by atoms with E-state index < -0.39 is 10.0 Å². The molecule has 2 aromatic rings. The number of hydrogen-bond acceptors (Lipinski definition) is 6. The maximum absolute atomic E-state index is 12.6. The highest BCUT2D eigenvalue weighted by Gasteiger charge is 2.19. The summed E-state index contributed by atoms with van der Waals surface area (Å²) in [4.78, 5) is 8.48. The van der Waals surface area contributed by atoms with Crippen LogP contribution in [0.2, 0.25) is 0 Å². The zero-order valence-electron chi connectivity index (χ0n) is 14.4. The summed E-state index contributed by atoms with van der Waals surface area (Å²) in [6.45, 7) is 7.46. The van der Waals surface area contributed by atoms with Gasteiger partial charge in [-0.3, -0.25) is 4.72 Å². The first-order valence-electron chi connectivity index (χ1n) is 7.44. The summed E-state index contributed by atoms with van der Waals surface area (Å²) in [6.07, 6.45) is 0. The number of aryl methyl sites for hydroxylation is 3. The highest BCUT2D eigenvalue weighted by Crippen LogP contribution is 2.26. The topological polar surface area (TPSA) is 90.4 Å². The summed E-state index contributed by atoms with van der Waals surface area (Å²) in [7, 11) is -2.22. The third-order valence-corrected chi connectivity index (χ3v) is 4.78. The molecule has 0 saturated heterocycles. The number of nitrogens with one attached hydrogen (secondary N) is 1. The highest BCUT2D eigenvalue weighted by molar-refractivity contribution is 7.92. The molecule has 0 aliphatic rings. The second-order valence-corrected chi connectivity index (χ2v) is 6.90. The third kappa shape index (κ3) is 3.76. The van der Waals surface area contributed by atoms with E-state index in [1.165, 1.54) is 6.07 Å². The fourth-order valence-electron chi connectivity index (χ4n) is 2.24. The molecule has 0 unspecified atom stereocenters. The maximum atomic E-state index is 12.6. The number of aromatic nitrogens is 2. The van der Waals surface area contributed by atoms with Crippen molar-refractivity contribution in [3.05, 3.63) is 35.2 Å². The molecular weight excluding hydrogens is 330 g/mol. The molecule has 0 radical (unpaired) electrons. The van der Waals surface area contributed by atoms with Gasteiger partial charge in [0.1, 0.15) is 5.75 Å². The van der Waals surface area contributed by atoms with E-state index >= 15 is 0 Å². The minimum Gasteiger partial charge on any atom is -0.496 e. The van der Waals surface area contributed by atoms with Gasteiger partial charge in [0.05, 0.1) is 35.7 Å². The summed E-state index contributed by atoms with van der Waals surface area (Å²) in [5, 5.41) is 0. The van der Waals surface area contributed by atoms with Crippen LogP contribution >= 0.6 is 0 Å². The molecule has 0 amide bonds. The molecule has 8 heteroatoms. The first kappa shape index (κ1) is 18.0. The molecule has 130 valence electrons. The van der Waals surface area contributed by atoms with Gasteiger partial charge >= 0.3 is 6.01 Å². The predicted molar refractivity (Wildman–Crippen MR) is 91.2 cm³/mol. The lowest BCUT2D eigenvalue weighted by Crippen LogP contribution is -2.16. The Morgan fingerprint density at radius 2 is 1.75 bits per heavy atom. The van der Waals surface area contributed by atoms with E-state index in [9.17, 15) is 8.42 Å². The fourth-order valence-corrected chi connectivity index (χ4v) is 3.50. The van der Waals surface area contributed by atoms with E-state index in [-0.39, 0.29) is 10.9 Å². The SMILES string of the molecule is CCOc1nc(C)c(NS(=O)(=O)c2ccc(OC)c(C)c2)c(C)n1. The molecule has 0 fully saturated rings. The zero-order valence-corrected chi connectivity index (χ0v) is 15.2. The van der Waals surface area contributed by atoms with E-state index in [4.69, 9.17) is 9.47 Å². The number of ether oxygens (including phenoxy) is 2. The van der Waals surface area contributed by atoms with Gasteiger partial charge in [0, 0.05) is 0 Å². The summed E-state index contributed by atoms with van der Waals surface area (Å²) in [5.41, 5.74) is 2.09. The zero-order chi connectivity index (χ0) is 17.9. The Morgan fingerprint density at radius 3 is 2.25 bits per heavy atom. The first-order valence-corrected chi connectivity index (χ1v) is 8.92. The van der Waals surface area contributed by atoms with Gasteiger partial charge < -0.3 is 9.47 Å². The average Bonchev–Trinajstić information content (AvgIpc) is 2.51. The van der Waals surface area contributed by atoms with Gasteiger partial charge in [0.25, 0.3) is 10.0 Å². The van der Waals surface area contributed by atoms with Crippen molar-refractivity contribution in [3.8, 4) is 11.8 Å². The van der Waals surface area contributed by atoms with Crippen LogP contribution in [0.25, 0.3) is 0 Å². The molecule has 0 aliphatic carbocycles. The monoisotopic (exact) mass is 351 g/mol. The van der Waals surface area contributed by atoms with Gasteiger partial charge in [-0.25, -0.2) is 8.42 Å². The van der Waals surface area contributed by atoms with Crippen molar-refractivity contribution in [2.45, 2.75) is 32.6 Å². The number of hydrogen-bond donors (Lipinski definition) is 1. The Hall–Kier alpha value is -2.35. The predicted octanol–water partition coefficient (Wildman–Crippen LogP) is 2.61. The van der Waals surface area contributed by atoms with Crippen LogP contribution in [-0.4, -0.2) is 32.1 Å². The minimum atomic E-state index is -3.76. The van der Waals surface area contributed by atoms with Crippen LogP contribution in [-0.2, 0) is 10.0 Å². The van der Waals surface area contributed by atoms with Crippen LogP contribution in [0.1, 0.15) is 23.9 Å². The van der Waals surface area contributed by atoms with Crippen LogP contribution in [0.15, 0.2) is 23.1 Å². The van der Waals surface area contributed by atoms with E-state index in [0.717, 1.165) is 5.56 Å². The highest BCUT2D eigenvalue weighted by atomic mass is 32.2. The normalized spacial score (nSPS) is 11.2. The standard InChI is InChI=1S/C16H21N3O4S/c1-6-23-16-17-11(3)15(12(4)18-16)19-24(20,21)13-7-8-14(22-5)10(2)9-13/h7-9,19H,6H2,1-5H3. The summed E-state index contributed by atoms with van der Waals surface area (Å²) in [6, 6.07) is 4.91. The number of methoxy groups -OCH3 is 1. The summed E-state index contributed by atoms with van der Waals surface area (Å²) >= 11 is 0. The van der Waals surface area contributed by atoms with Crippen molar-refractivity contribution in [3.63, 3.8) is 0 Å². The van der Waals surface area contributed by atoms with Crippen LogP contribution in [0.3, 0.4) is 0 Å². The van der Waals surface area contributed by atoms with E-state index in [1.54, 1.807) is 40.0 Å². The summed E-state index contributed by atoms with van der Waals surface area (Å²) < 4.78 is 38.2. The molecule has 0 spiro atoms. The molecule has 0 bridgehead atoms. The average molecular weight is 351 g/mol. The van der Waals surface area contributed by atoms with Gasteiger partial charge in [-0.1, -0.05) is 0 Å². The van der Waals surface area contributed by atoms with Gasteiger partial charge in [0.15, 0.2) is 0 Å². The number of rotatable bonds is 6. The van der Waals surface area contributed by atoms with E-state index in [1.807, 2.05) is 6.92 Å². The second-order valence-electron chi connectivity index (χ2n) is 5.22. The molecule has 1 heterocycles. The third-order valence-electron chi connectivity index (χ3n) is 3.44. The quantitative estimate of drug-likeness (QED) is 0.860. The largest absolute Gasteiger partial charge is 0.496 e. The Balaban J connectivity index is 2.37. The summed E-state index contributed by atoms with van der Waals surface area (Å²) in [5.74, 6) is 0.630. The lowest BCUT2D eigenvalue weighted by atomic mass is 10.2. The van der Waals surface area contributed by atoms with Crippen LogP contribution in [0.4, 0.5) is 5.69 Å². The number of sulfonamides is 1. The molecular formula is C16H21N3O4S.